The van der Waals surface area contributed by atoms with Crippen molar-refractivity contribution in [1.29, 1.82) is 0 Å². The lowest BCUT2D eigenvalue weighted by Crippen LogP contribution is -2.50. The molecule has 0 aliphatic rings. The van der Waals surface area contributed by atoms with Gasteiger partial charge in [0.25, 0.3) is 0 Å². The van der Waals surface area contributed by atoms with E-state index in [0.29, 0.717) is 13.0 Å². The van der Waals surface area contributed by atoms with Crippen molar-refractivity contribution < 1.29 is 4.79 Å². The average Bonchev–Trinajstić information content (AvgIpc) is 2.60. The molecule has 0 saturated heterocycles. The van der Waals surface area contributed by atoms with Crippen LogP contribution in [0.1, 0.15) is 25.1 Å². The maximum atomic E-state index is 11.7. The van der Waals surface area contributed by atoms with Crippen LogP contribution in [0.25, 0.3) is 0 Å². The van der Waals surface area contributed by atoms with Gasteiger partial charge in [-0.2, -0.15) is 0 Å². The van der Waals surface area contributed by atoms with Crippen LogP contribution in [-0.4, -0.2) is 11.4 Å². The van der Waals surface area contributed by atoms with Gasteiger partial charge in [-0.25, -0.2) is 0 Å². The van der Waals surface area contributed by atoms with Gasteiger partial charge in [-0.15, -0.1) is 11.3 Å². The number of hydrogen-bond acceptors (Lipinski definition) is 3. The fourth-order valence-corrected chi connectivity index (χ4v) is 2.41. The Hall–Kier alpha value is -0.390. The van der Waals surface area contributed by atoms with E-state index in [-0.39, 0.29) is 5.91 Å². The Bertz CT molecular complexity index is 349. The zero-order valence-electron chi connectivity index (χ0n) is 8.84. The van der Waals surface area contributed by atoms with Gasteiger partial charge in [0.1, 0.15) is 0 Å². The van der Waals surface area contributed by atoms with Gasteiger partial charge in [0.2, 0.25) is 5.91 Å². The predicted molar refractivity (Wildman–Crippen MR) is 66.7 cm³/mol. The first kappa shape index (κ1) is 12.7. The highest BCUT2D eigenvalue weighted by atomic mass is 79.9. The van der Waals surface area contributed by atoms with Crippen LogP contribution in [0.5, 0.6) is 0 Å². The van der Waals surface area contributed by atoms with E-state index in [1.807, 2.05) is 18.4 Å². The van der Waals surface area contributed by atoms with Crippen molar-refractivity contribution in [3.05, 3.63) is 20.8 Å². The van der Waals surface area contributed by atoms with E-state index in [1.165, 1.54) is 0 Å². The normalized spacial score (nSPS) is 14.7. The van der Waals surface area contributed by atoms with Gasteiger partial charge in [0.15, 0.2) is 0 Å². The minimum Gasteiger partial charge on any atom is -0.350 e. The molecule has 1 amide bonds. The van der Waals surface area contributed by atoms with Gasteiger partial charge in [-0.3, -0.25) is 4.79 Å². The molecule has 0 aliphatic carbocycles. The SMILES string of the molecule is CCC(C)(N)C(=O)NCc1sccc1Br. The molecule has 84 valence electrons. The van der Waals surface area contributed by atoms with Crippen molar-refractivity contribution in [3.8, 4) is 0 Å². The predicted octanol–water partition coefficient (Wildman–Crippen LogP) is 2.25. The van der Waals surface area contributed by atoms with E-state index >= 15 is 0 Å². The number of halogens is 1. The Morgan fingerprint density at radius 3 is 2.87 bits per heavy atom. The lowest BCUT2D eigenvalue weighted by Gasteiger charge is -2.21. The van der Waals surface area contributed by atoms with Crippen molar-refractivity contribution >= 4 is 33.2 Å². The molecular formula is C10H15BrN2OS. The van der Waals surface area contributed by atoms with Gasteiger partial charge in [-0.05, 0) is 40.7 Å². The maximum absolute atomic E-state index is 11.7. The second-order valence-corrected chi connectivity index (χ2v) is 5.50. The minimum absolute atomic E-state index is 0.106. The number of carbonyl (C=O) groups is 1. The van der Waals surface area contributed by atoms with E-state index in [0.717, 1.165) is 9.35 Å². The molecule has 0 aromatic carbocycles. The number of thiophene rings is 1. The van der Waals surface area contributed by atoms with Crippen LogP contribution in [0.2, 0.25) is 0 Å². The molecule has 3 N–H and O–H groups in total. The highest BCUT2D eigenvalue weighted by Crippen LogP contribution is 2.22. The van der Waals surface area contributed by atoms with Gasteiger partial charge in [0.05, 0.1) is 12.1 Å². The molecule has 0 radical (unpaired) electrons. The largest absolute Gasteiger partial charge is 0.350 e. The fraction of sp³-hybridized carbons (Fsp3) is 0.500. The Morgan fingerprint density at radius 1 is 1.73 bits per heavy atom. The zero-order chi connectivity index (χ0) is 11.5. The Labute approximate surface area is 102 Å². The van der Waals surface area contributed by atoms with Crippen LogP contribution in [0.15, 0.2) is 15.9 Å². The molecule has 0 spiro atoms. The van der Waals surface area contributed by atoms with Gasteiger partial charge in [-0.1, -0.05) is 6.92 Å². The first-order valence-corrected chi connectivity index (χ1v) is 6.43. The summed E-state index contributed by atoms with van der Waals surface area (Å²) < 4.78 is 1.03. The van der Waals surface area contributed by atoms with Crippen LogP contribution in [0, 0.1) is 0 Å². The number of carbonyl (C=O) groups excluding carboxylic acids is 1. The number of nitrogens with one attached hydrogen (secondary N) is 1. The lowest BCUT2D eigenvalue weighted by atomic mass is 10.00. The van der Waals surface area contributed by atoms with Crippen LogP contribution >= 0.6 is 27.3 Å². The van der Waals surface area contributed by atoms with E-state index in [2.05, 4.69) is 21.2 Å². The third kappa shape index (κ3) is 3.29. The number of amides is 1. The molecular weight excluding hydrogens is 276 g/mol. The third-order valence-corrected chi connectivity index (χ3v) is 4.28. The summed E-state index contributed by atoms with van der Waals surface area (Å²) in [6.45, 7) is 4.18. The molecule has 3 nitrogen and oxygen atoms in total. The third-order valence-electron chi connectivity index (χ3n) is 2.35. The number of rotatable bonds is 4. The second kappa shape index (κ2) is 5.09. The Morgan fingerprint density at radius 2 is 2.40 bits per heavy atom. The van der Waals surface area contributed by atoms with Crippen LogP contribution in [0.4, 0.5) is 0 Å². The Balaban J connectivity index is 2.52. The van der Waals surface area contributed by atoms with Crippen LogP contribution < -0.4 is 11.1 Å². The van der Waals surface area contributed by atoms with Crippen molar-refractivity contribution in [2.75, 3.05) is 0 Å². The summed E-state index contributed by atoms with van der Waals surface area (Å²) in [6.07, 6.45) is 0.629. The highest BCUT2D eigenvalue weighted by Gasteiger charge is 2.25. The standard InChI is InChI=1S/C10H15BrN2OS/c1-3-10(2,12)9(14)13-6-8-7(11)4-5-15-8/h4-5H,3,6,12H2,1-2H3,(H,13,14). The smallest absolute Gasteiger partial charge is 0.240 e. The summed E-state index contributed by atoms with van der Waals surface area (Å²) in [5.41, 5.74) is 5.04. The average molecular weight is 291 g/mol. The first-order valence-electron chi connectivity index (χ1n) is 4.76. The summed E-state index contributed by atoms with van der Waals surface area (Å²) in [5.74, 6) is -0.106. The van der Waals surface area contributed by atoms with Crippen LogP contribution in [-0.2, 0) is 11.3 Å². The maximum Gasteiger partial charge on any atom is 0.240 e. The molecule has 0 aliphatic heterocycles. The monoisotopic (exact) mass is 290 g/mol. The van der Waals surface area contributed by atoms with Gasteiger partial charge < -0.3 is 11.1 Å². The quantitative estimate of drug-likeness (QED) is 0.894. The molecule has 1 aromatic rings. The van der Waals surface area contributed by atoms with Crippen molar-refractivity contribution in [1.82, 2.24) is 5.32 Å². The molecule has 1 aromatic heterocycles. The summed E-state index contributed by atoms with van der Waals surface area (Å²) in [4.78, 5) is 12.8. The molecule has 1 rings (SSSR count). The van der Waals surface area contributed by atoms with Gasteiger partial charge >= 0.3 is 0 Å². The van der Waals surface area contributed by atoms with E-state index in [1.54, 1.807) is 18.3 Å². The molecule has 5 heteroatoms. The first-order chi connectivity index (χ1) is 6.97. The van der Waals surface area contributed by atoms with Gasteiger partial charge in [0, 0.05) is 9.35 Å². The molecule has 1 heterocycles. The fourth-order valence-electron chi connectivity index (χ4n) is 0.974. The lowest BCUT2D eigenvalue weighted by molar-refractivity contribution is -0.126. The molecule has 0 bridgehead atoms. The molecule has 0 fully saturated rings. The minimum atomic E-state index is -0.774. The highest BCUT2D eigenvalue weighted by molar-refractivity contribution is 9.10. The van der Waals surface area contributed by atoms with Crippen molar-refractivity contribution in [2.24, 2.45) is 5.73 Å². The number of nitrogens with two attached hydrogens (primary N) is 1. The van der Waals surface area contributed by atoms with Crippen molar-refractivity contribution in [2.45, 2.75) is 32.4 Å². The topological polar surface area (TPSA) is 55.1 Å². The van der Waals surface area contributed by atoms with E-state index in [4.69, 9.17) is 5.73 Å². The summed E-state index contributed by atoms with van der Waals surface area (Å²) in [7, 11) is 0. The summed E-state index contributed by atoms with van der Waals surface area (Å²) in [5, 5.41) is 4.81. The van der Waals surface area contributed by atoms with E-state index in [9.17, 15) is 4.79 Å². The number of hydrogen-bond donors (Lipinski definition) is 2. The second-order valence-electron chi connectivity index (χ2n) is 3.65. The molecule has 0 saturated carbocycles. The molecule has 15 heavy (non-hydrogen) atoms. The Kier molecular flexibility index (Phi) is 4.31. The molecule has 1 atom stereocenters. The van der Waals surface area contributed by atoms with Crippen molar-refractivity contribution in [3.63, 3.8) is 0 Å². The van der Waals surface area contributed by atoms with Crippen LogP contribution in [0.3, 0.4) is 0 Å². The molecule has 1 unspecified atom stereocenters. The zero-order valence-corrected chi connectivity index (χ0v) is 11.2. The van der Waals surface area contributed by atoms with E-state index < -0.39 is 5.54 Å². The summed E-state index contributed by atoms with van der Waals surface area (Å²) in [6, 6.07) is 1.97. The summed E-state index contributed by atoms with van der Waals surface area (Å²) >= 11 is 5.02.